The molecular weight excluding hydrogens is 195 g/mol. The summed E-state index contributed by atoms with van der Waals surface area (Å²) in [5.41, 5.74) is -0.0313. The molecule has 0 fully saturated rings. The van der Waals surface area contributed by atoms with Gasteiger partial charge < -0.3 is 4.74 Å². The third-order valence-electron chi connectivity index (χ3n) is 2.27. The maximum Gasteiger partial charge on any atom is 0.340 e. The van der Waals surface area contributed by atoms with Gasteiger partial charge in [0.1, 0.15) is 5.82 Å². The summed E-state index contributed by atoms with van der Waals surface area (Å²) in [7, 11) is 1.23. The van der Waals surface area contributed by atoms with E-state index in [9.17, 15) is 9.18 Å². The van der Waals surface area contributed by atoms with Crippen LogP contribution in [-0.2, 0) is 4.74 Å². The van der Waals surface area contributed by atoms with E-state index >= 15 is 0 Å². The molecule has 2 aromatic carbocycles. The summed E-state index contributed by atoms with van der Waals surface area (Å²) in [6.45, 7) is 0. The maximum absolute atomic E-state index is 13.8. The summed E-state index contributed by atoms with van der Waals surface area (Å²) < 4.78 is 18.3. The second kappa shape index (κ2) is 3.69. The molecule has 0 bridgehead atoms. The summed E-state index contributed by atoms with van der Waals surface area (Å²) >= 11 is 0. The van der Waals surface area contributed by atoms with Crippen LogP contribution in [0.2, 0.25) is 0 Å². The first-order valence-corrected chi connectivity index (χ1v) is 4.49. The molecule has 0 radical (unpaired) electrons. The fraction of sp³-hybridized carbons (Fsp3) is 0.0833. The van der Waals surface area contributed by atoms with E-state index < -0.39 is 11.8 Å². The number of ether oxygens (including phenoxy) is 1. The zero-order valence-electron chi connectivity index (χ0n) is 8.16. The molecule has 0 aromatic heterocycles. The second-order valence-corrected chi connectivity index (χ2v) is 3.14. The highest BCUT2D eigenvalue weighted by Crippen LogP contribution is 2.21. The fourth-order valence-electron chi connectivity index (χ4n) is 1.50. The summed E-state index contributed by atoms with van der Waals surface area (Å²) in [6.07, 6.45) is 0. The molecule has 0 aliphatic rings. The van der Waals surface area contributed by atoms with Gasteiger partial charge in [-0.05, 0) is 11.5 Å². The summed E-state index contributed by atoms with van der Waals surface area (Å²) in [5, 5.41) is 1.20. The van der Waals surface area contributed by atoms with Crippen LogP contribution in [0, 0.1) is 5.82 Å². The Kier molecular flexibility index (Phi) is 2.37. The Hall–Kier alpha value is -1.90. The lowest BCUT2D eigenvalue weighted by molar-refractivity contribution is 0.0596. The average Bonchev–Trinajstić information content (AvgIpc) is 2.29. The molecule has 0 saturated heterocycles. The van der Waals surface area contributed by atoms with Crippen molar-refractivity contribution in [2.45, 2.75) is 0 Å². The monoisotopic (exact) mass is 204 g/mol. The normalized spacial score (nSPS) is 10.3. The SMILES string of the molecule is COC(=O)c1ccc2ccccc2c1F. The van der Waals surface area contributed by atoms with Gasteiger partial charge in [0, 0.05) is 5.39 Å². The van der Waals surface area contributed by atoms with Gasteiger partial charge in [0.2, 0.25) is 0 Å². The number of hydrogen-bond acceptors (Lipinski definition) is 2. The van der Waals surface area contributed by atoms with E-state index in [2.05, 4.69) is 4.74 Å². The van der Waals surface area contributed by atoms with Gasteiger partial charge in [-0.2, -0.15) is 0 Å². The standard InChI is InChI=1S/C12H9FO2/c1-15-12(14)10-7-6-8-4-2-3-5-9(8)11(10)13/h2-7H,1H3. The van der Waals surface area contributed by atoms with Crippen LogP contribution in [0.1, 0.15) is 10.4 Å². The summed E-state index contributed by atoms with van der Waals surface area (Å²) in [6, 6.07) is 10.1. The molecule has 2 aromatic rings. The fourth-order valence-corrected chi connectivity index (χ4v) is 1.50. The van der Waals surface area contributed by atoms with E-state index in [0.717, 1.165) is 5.39 Å². The molecule has 3 heteroatoms. The van der Waals surface area contributed by atoms with Crippen molar-refractivity contribution in [3.63, 3.8) is 0 Å². The predicted molar refractivity (Wildman–Crippen MR) is 55.2 cm³/mol. The van der Waals surface area contributed by atoms with Gasteiger partial charge in [-0.1, -0.05) is 30.3 Å². The van der Waals surface area contributed by atoms with Crippen LogP contribution in [0.5, 0.6) is 0 Å². The highest BCUT2D eigenvalue weighted by Gasteiger charge is 2.13. The Labute approximate surface area is 86.3 Å². The van der Waals surface area contributed by atoms with Crippen LogP contribution in [0.3, 0.4) is 0 Å². The van der Waals surface area contributed by atoms with E-state index in [1.54, 1.807) is 24.3 Å². The Morgan fingerprint density at radius 1 is 1.20 bits per heavy atom. The minimum atomic E-state index is -0.654. The number of carbonyl (C=O) groups excluding carboxylic acids is 1. The molecule has 2 nitrogen and oxygen atoms in total. The quantitative estimate of drug-likeness (QED) is 0.667. The van der Waals surface area contributed by atoms with Crippen molar-refractivity contribution in [3.8, 4) is 0 Å². The van der Waals surface area contributed by atoms with Crippen molar-refractivity contribution in [1.82, 2.24) is 0 Å². The molecule has 0 amide bonds. The molecule has 0 aliphatic heterocycles. The van der Waals surface area contributed by atoms with E-state index in [1.165, 1.54) is 13.2 Å². The number of fused-ring (bicyclic) bond motifs is 1. The van der Waals surface area contributed by atoms with Crippen molar-refractivity contribution in [2.75, 3.05) is 7.11 Å². The lowest BCUT2D eigenvalue weighted by atomic mass is 10.1. The van der Waals surface area contributed by atoms with Gasteiger partial charge >= 0.3 is 5.97 Å². The van der Waals surface area contributed by atoms with Crippen LogP contribution in [0.25, 0.3) is 10.8 Å². The number of halogens is 1. The van der Waals surface area contributed by atoms with Gasteiger partial charge in [-0.25, -0.2) is 9.18 Å². The summed E-state index contributed by atoms with van der Waals surface area (Å²) in [5.74, 6) is -1.18. The van der Waals surface area contributed by atoms with Gasteiger partial charge in [0.15, 0.2) is 0 Å². The third-order valence-corrected chi connectivity index (χ3v) is 2.27. The average molecular weight is 204 g/mol. The number of esters is 1. The minimum absolute atomic E-state index is 0.0313. The zero-order valence-corrected chi connectivity index (χ0v) is 8.16. The number of benzene rings is 2. The predicted octanol–water partition coefficient (Wildman–Crippen LogP) is 2.77. The van der Waals surface area contributed by atoms with Crippen molar-refractivity contribution in [1.29, 1.82) is 0 Å². The Morgan fingerprint density at radius 2 is 1.93 bits per heavy atom. The van der Waals surface area contributed by atoms with Crippen LogP contribution in [0.4, 0.5) is 4.39 Å². The number of methoxy groups -OCH3 is 1. The Balaban J connectivity index is 2.70. The third kappa shape index (κ3) is 1.56. The molecule has 2 rings (SSSR count). The Bertz CT molecular complexity index is 520. The van der Waals surface area contributed by atoms with E-state index in [-0.39, 0.29) is 5.56 Å². The lowest BCUT2D eigenvalue weighted by Crippen LogP contribution is -2.04. The highest BCUT2D eigenvalue weighted by atomic mass is 19.1. The number of hydrogen-bond donors (Lipinski definition) is 0. The van der Waals surface area contributed by atoms with Crippen LogP contribution in [-0.4, -0.2) is 13.1 Å². The number of carbonyl (C=O) groups is 1. The van der Waals surface area contributed by atoms with Crippen molar-refractivity contribution < 1.29 is 13.9 Å². The van der Waals surface area contributed by atoms with E-state index in [4.69, 9.17) is 0 Å². The molecule has 0 heterocycles. The maximum atomic E-state index is 13.8. The zero-order chi connectivity index (χ0) is 10.8. The minimum Gasteiger partial charge on any atom is -0.465 e. The first kappa shape index (κ1) is 9.65. The first-order valence-electron chi connectivity index (χ1n) is 4.49. The van der Waals surface area contributed by atoms with Crippen molar-refractivity contribution in [2.24, 2.45) is 0 Å². The van der Waals surface area contributed by atoms with E-state index in [0.29, 0.717) is 5.39 Å². The molecule has 0 saturated carbocycles. The second-order valence-electron chi connectivity index (χ2n) is 3.14. The highest BCUT2D eigenvalue weighted by molar-refractivity contribution is 5.95. The lowest BCUT2D eigenvalue weighted by Gasteiger charge is -2.04. The molecule has 0 unspecified atom stereocenters. The van der Waals surface area contributed by atoms with Gasteiger partial charge in [-0.3, -0.25) is 0 Å². The topological polar surface area (TPSA) is 26.3 Å². The number of rotatable bonds is 1. The first-order chi connectivity index (χ1) is 7.24. The van der Waals surface area contributed by atoms with Gasteiger partial charge in [0.05, 0.1) is 12.7 Å². The Morgan fingerprint density at radius 3 is 2.67 bits per heavy atom. The molecule has 0 spiro atoms. The van der Waals surface area contributed by atoms with Crippen LogP contribution >= 0.6 is 0 Å². The molecular formula is C12H9FO2. The molecule has 0 atom stereocenters. The van der Waals surface area contributed by atoms with Crippen molar-refractivity contribution in [3.05, 3.63) is 47.8 Å². The smallest absolute Gasteiger partial charge is 0.340 e. The van der Waals surface area contributed by atoms with Crippen LogP contribution < -0.4 is 0 Å². The molecule has 0 N–H and O–H groups in total. The van der Waals surface area contributed by atoms with Gasteiger partial charge in [-0.15, -0.1) is 0 Å². The van der Waals surface area contributed by atoms with Crippen molar-refractivity contribution >= 4 is 16.7 Å². The van der Waals surface area contributed by atoms with Gasteiger partial charge in [0.25, 0.3) is 0 Å². The largest absolute Gasteiger partial charge is 0.465 e. The molecule has 0 aliphatic carbocycles. The van der Waals surface area contributed by atoms with E-state index in [1.807, 2.05) is 6.07 Å². The molecule has 76 valence electrons. The molecule has 15 heavy (non-hydrogen) atoms. The summed E-state index contributed by atoms with van der Waals surface area (Å²) in [4.78, 5) is 11.2. The van der Waals surface area contributed by atoms with Crippen LogP contribution in [0.15, 0.2) is 36.4 Å².